The first kappa shape index (κ1) is 14.9. The Morgan fingerprint density at radius 2 is 1.81 bits per heavy atom. The molecule has 0 rings (SSSR count). The van der Waals surface area contributed by atoms with Crippen molar-refractivity contribution in [3.8, 4) is 0 Å². The fourth-order valence-corrected chi connectivity index (χ4v) is 1.37. The fraction of sp³-hybridized carbons (Fsp3) is 0.818. The second-order valence-corrected chi connectivity index (χ2v) is 4.95. The molecule has 0 aromatic rings. The molecule has 94 valence electrons. The van der Waals surface area contributed by atoms with E-state index in [0.29, 0.717) is 0 Å². The second kappa shape index (κ2) is 5.84. The van der Waals surface area contributed by atoms with Crippen molar-refractivity contribution in [2.75, 3.05) is 13.7 Å². The normalized spacial score (nSPS) is 13.3. The van der Waals surface area contributed by atoms with Crippen LogP contribution in [0.25, 0.3) is 0 Å². The lowest BCUT2D eigenvalue weighted by atomic mass is 9.85. The van der Waals surface area contributed by atoms with E-state index in [0.717, 1.165) is 0 Å². The lowest BCUT2D eigenvalue weighted by molar-refractivity contribution is -0.141. The first-order valence-electron chi connectivity index (χ1n) is 5.28. The molecule has 0 saturated carbocycles. The molecule has 1 atom stereocenters. The number of hydrogen-bond donors (Lipinski definition) is 2. The molecule has 1 amide bonds. The van der Waals surface area contributed by atoms with Crippen molar-refractivity contribution >= 4 is 11.9 Å². The van der Waals surface area contributed by atoms with Gasteiger partial charge < -0.3 is 15.1 Å². The zero-order valence-corrected chi connectivity index (χ0v) is 10.4. The zero-order valence-electron chi connectivity index (χ0n) is 10.4. The van der Waals surface area contributed by atoms with Gasteiger partial charge in [0.1, 0.15) is 0 Å². The van der Waals surface area contributed by atoms with Gasteiger partial charge in [-0.25, -0.2) is 0 Å². The monoisotopic (exact) mass is 231 g/mol. The van der Waals surface area contributed by atoms with Gasteiger partial charge in [0.2, 0.25) is 5.91 Å². The Morgan fingerprint density at radius 1 is 1.31 bits per heavy atom. The molecule has 1 unspecified atom stereocenters. The summed E-state index contributed by atoms with van der Waals surface area (Å²) in [6, 6.07) is -0.242. The quantitative estimate of drug-likeness (QED) is 0.706. The van der Waals surface area contributed by atoms with E-state index in [-0.39, 0.29) is 31.4 Å². The van der Waals surface area contributed by atoms with Gasteiger partial charge in [-0.2, -0.15) is 0 Å². The molecular weight excluding hydrogens is 210 g/mol. The maximum Gasteiger partial charge on any atom is 0.303 e. The third-order valence-electron chi connectivity index (χ3n) is 2.58. The SMILES string of the molecule is CC(CO)N(C)C(=O)CC(C)(C)CC(=O)O. The van der Waals surface area contributed by atoms with Crippen molar-refractivity contribution in [1.29, 1.82) is 0 Å². The molecule has 0 bridgehead atoms. The first-order chi connectivity index (χ1) is 7.19. The third kappa shape index (κ3) is 5.11. The number of hydrogen-bond acceptors (Lipinski definition) is 3. The van der Waals surface area contributed by atoms with E-state index in [1.807, 2.05) is 0 Å². The van der Waals surface area contributed by atoms with Gasteiger partial charge in [0.05, 0.1) is 19.1 Å². The van der Waals surface area contributed by atoms with Crippen LogP contribution >= 0.6 is 0 Å². The molecule has 0 radical (unpaired) electrons. The number of aliphatic hydroxyl groups excluding tert-OH is 1. The molecule has 0 fully saturated rings. The molecule has 0 spiro atoms. The number of aliphatic carboxylic acids is 1. The van der Waals surface area contributed by atoms with E-state index in [4.69, 9.17) is 10.2 Å². The highest BCUT2D eigenvalue weighted by molar-refractivity contribution is 5.78. The van der Waals surface area contributed by atoms with Crippen LogP contribution in [0.2, 0.25) is 0 Å². The van der Waals surface area contributed by atoms with Gasteiger partial charge in [-0.1, -0.05) is 13.8 Å². The fourth-order valence-electron chi connectivity index (χ4n) is 1.37. The van der Waals surface area contributed by atoms with Crippen LogP contribution in [-0.4, -0.2) is 46.7 Å². The number of carboxylic acids is 1. The zero-order chi connectivity index (χ0) is 12.9. The van der Waals surface area contributed by atoms with Crippen molar-refractivity contribution in [3.63, 3.8) is 0 Å². The summed E-state index contributed by atoms with van der Waals surface area (Å²) in [7, 11) is 1.61. The molecule has 0 aliphatic heterocycles. The number of nitrogens with zero attached hydrogens (tertiary/aromatic N) is 1. The number of aliphatic hydroxyl groups is 1. The highest BCUT2D eigenvalue weighted by atomic mass is 16.4. The molecule has 0 saturated heterocycles. The van der Waals surface area contributed by atoms with Crippen LogP contribution in [0, 0.1) is 5.41 Å². The van der Waals surface area contributed by atoms with Crippen LogP contribution in [-0.2, 0) is 9.59 Å². The van der Waals surface area contributed by atoms with Gasteiger partial charge >= 0.3 is 5.97 Å². The summed E-state index contributed by atoms with van der Waals surface area (Å²) < 4.78 is 0. The Bertz CT molecular complexity index is 263. The predicted molar refractivity (Wildman–Crippen MR) is 60.0 cm³/mol. The minimum absolute atomic E-state index is 0.0416. The largest absolute Gasteiger partial charge is 0.481 e. The number of carbonyl (C=O) groups is 2. The molecule has 0 aromatic carbocycles. The topological polar surface area (TPSA) is 77.8 Å². The first-order valence-corrected chi connectivity index (χ1v) is 5.28. The Kier molecular flexibility index (Phi) is 5.44. The number of carboxylic acid groups (broad SMARTS) is 1. The molecule has 5 nitrogen and oxygen atoms in total. The minimum atomic E-state index is -0.907. The highest BCUT2D eigenvalue weighted by Gasteiger charge is 2.27. The van der Waals surface area contributed by atoms with E-state index in [1.165, 1.54) is 4.90 Å². The van der Waals surface area contributed by atoms with Gasteiger partial charge in [0.25, 0.3) is 0 Å². The Balaban J connectivity index is 4.38. The summed E-state index contributed by atoms with van der Waals surface area (Å²) in [5.41, 5.74) is -0.563. The van der Waals surface area contributed by atoms with Crippen molar-refractivity contribution in [2.24, 2.45) is 5.41 Å². The average molecular weight is 231 g/mol. The Labute approximate surface area is 96.1 Å². The van der Waals surface area contributed by atoms with E-state index in [2.05, 4.69) is 0 Å². The maximum atomic E-state index is 11.8. The predicted octanol–water partition coefficient (Wildman–Crippen LogP) is 0.717. The number of carbonyl (C=O) groups excluding carboxylic acids is 1. The lowest BCUT2D eigenvalue weighted by Gasteiger charge is -2.28. The van der Waals surface area contributed by atoms with Gasteiger partial charge in [0.15, 0.2) is 0 Å². The lowest BCUT2D eigenvalue weighted by Crippen LogP contribution is -2.39. The Hall–Kier alpha value is -1.10. The van der Waals surface area contributed by atoms with Crippen LogP contribution in [0.15, 0.2) is 0 Å². The summed E-state index contributed by atoms with van der Waals surface area (Å²) in [5.74, 6) is -1.05. The molecule has 0 aliphatic carbocycles. The second-order valence-electron chi connectivity index (χ2n) is 4.95. The van der Waals surface area contributed by atoms with Gasteiger partial charge in [0, 0.05) is 13.5 Å². The van der Waals surface area contributed by atoms with E-state index >= 15 is 0 Å². The summed E-state index contributed by atoms with van der Waals surface area (Å²) in [6.07, 6.45) is 0.125. The van der Waals surface area contributed by atoms with Crippen molar-refractivity contribution in [1.82, 2.24) is 4.90 Å². The molecule has 2 N–H and O–H groups in total. The summed E-state index contributed by atoms with van der Waals surface area (Å²) >= 11 is 0. The summed E-state index contributed by atoms with van der Waals surface area (Å²) in [5, 5.41) is 17.6. The number of rotatable bonds is 6. The summed E-state index contributed by atoms with van der Waals surface area (Å²) in [4.78, 5) is 23.8. The Morgan fingerprint density at radius 3 is 2.19 bits per heavy atom. The molecule has 16 heavy (non-hydrogen) atoms. The number of likely N-dealkylation sites (N-methyl/N-ethyl adjacent to an activating group) is 1. The standard InChI is InChI=1S/C11H21NO4/c1-8(7-13)12(4)9(14)5-11(2,3)6-10(15)16/h8,13H,5-7H2,1-4H3,(H,15,16). The number of amides is 1. The average Bonchev–Trinajstić information content (AvgIpc) is 2.12. The van der Waals surface area contributed by atoms with Crippen molar-refractivity contribution < 1.29 is 19.8 Å². The molecular formula is C11H21NO4. The van der Waals surface area contributed by atoms with Crippen LogP contribution < -0.4 is 0 Å². The van der Waals surface area contributed by atoms with Crippen molar-refractivity contribution in [3.05, 3.63) is 0 Å². The molecule has 0 heterocycles. The van der Waals surface area contributed by atoms with E-state index in [1.54, 1.807) is 27.8 Å². The minimum Gasteiger partial charge on any atom is -0.481 e. The molecule has 0 aromatic heterocycles. The summed E-state index contributed by atoms with van der Waals surface area (Å²) in [6.45, 7) is 5.14. The molecule has 0 aliphatic rings. The maximum absolute atomic E-state index is 11.8. The third-order valence-corrected chi connectivity index (χ3v) is 2.58. The van der Waals surface area contributed by atoms with E-state index < -0.39 is 11.4 Å². The van der Waals surface area contributed by atoms with Gasteiger partial charge in [-0.15, -0.1) is 0 Å². The van der Waals surface area contributed by atoms with Gasteiger partial charge in [-0.05, 0) is 12.3 Å². The van der Waals surface area contributed by atoms with Crippen LogP contribution in [0.3, 0.4) is 0 Å². The van der Waals surface area contributed by atoms with E-state index in [9.17, 15) is 9.59 Å². The van der Waals surface area contributed by atoms with Crippen LogP contribution in [0.4, 0.5) is 0 Å². The van der Waals surface area contributed by atoms with Crippen LogP contribution in [0.1, 0.15) is 33.6 Å². The van der Waals surface area contributed by atoms with Gasteiger partial charge in [-0.3, -0.25) is 9.59 Å². The molecule has 5 heteroatoms. The smallest absolute Gasteiger partial charge is 0.303 e. The van der Waals surface area contributed by atoms with Crippen molar-refractivity contribution in [2.45, 2.75) is 39.7 Å². The highest BCUT2D eigenvalue weighted by Crippen LogP contribution is 2.26. The van der Waals surface area contributed by atoms with Crippen LogP contribution in [0.5, 0.6) is 0 Å².